The summed E-state index contributed by atoms with van der Waals surface area (Å²) in [4.78, 5) is 0. The molecule has 1 aromatic heterocycles. The van der Waals surface area contributed by atoms with Crippen LogP contribution in [0.15, 0.2) is 30.5 Å². The number of hydrogen-bond acceptors (Lipinski definition) is 2. The third kappa shape index (κ3) is 3.58. The zero-order valence-electron chi connectivity index (χ0n) is 11.9. The van der Waals surface area contributed by atoms with Gasteiger partial charge in [0.25, 0.3) is 0 Å². The third-order valence-electron chi connectivity index (χ3n) is 3.54. The lowest BCUT2D eigenvalue weighted by Gasteiger charge is -2.10. The zero-order valence-corrected chi connectivity index (χ0v) is 11.9. The fraction of sp³-hybridized carbons (Fsp3) is 0.500. The quantitative estimate of drug-likeness (QED) is 0.777. The molecular formula is C16H24N2O. The number of aromatic nitrogens is 1. The van der Waals surface area contributed by atoms with Crippen molar-refractivity contribution in [2.75, 3.05) is 13.2 Å². The summed E-state index contributed by atoms with van der Waals surface area (Å²) in [6.07, 6.45) is 4.10. The van der Waals surface area contributed by atoms with Crippen LogP contribution in [0.1, 0.15) is 25.8 Å². The maximum Gasteiger partial charge on any atom is 0.0645 e. The van der Waals surface area contributed by atoms with Gasteiger partial charge in [0, 0.05) is 30.9 Å². The number of rotatable bonds is 7. The third-order valence-corrected chi connectivity index (χ3v) is 3.54. The van der Waals surface area contributed by atoms with E-state index in [9.17, 15) is 0 Å². The topological polar surface area (TPSA) is 40.2 Å². The van der Waals surface area contributed by atoms with E-state index < -0.39 is 0 Å². The molecular weight excluding hydrogens is 236 g/mol. The number of nitrogens with zero attached hydrogens (tertiary/aromatic N) is 1. The summed E-state index contributed by atoms with van der Waals surface area (Å²) in [5.74, 6) is 0. The lowest BCUT2D eigenvalue weighted by Crippen LogP contribution is -2.21. The highest BCUT2D eigenvalue weighted by Gasteiger charge is 2.05. The first-order chi connectivity index (χ1) is 9.24. The Balaban J connectivity index is 2.17. The molecule has 104 valence electrons. The van der Waals surface area contributed by atoms with Gasteiger partial charge in [0.1, 0.15) is 0 Å². The number of fused-ring (bicyclic) bond motifs is 1. The van der Waals surface area contributed by atoms with Gasteiger partial charge >= 0.3 is 0 Å². The summed E-state index contributed by atoms with van der Waals surface area (Å²) in [6, 6.07) is 9.04. The summed E-state index contributed by atoms with van der Waals surface area (Å²) in [6.45, 7) is 6.60. The highest BCUT2D eigenvalue weighted by Crippen LogP contribution is 2.18. The van der Waals surface area contributed by atoms with Crippen LogP contribution in [0.4, 0.5) is 0 Å². The molecule has 0 amide bonds. The molecule has 1 aromatic carbocycles. The first-order valence-corrected chi connectivity index (χ1v) is 7.15. The Morgan fingerprint density at radius 3 is 2.84 bits per heavy atom. The van der Waals surface area contributed by atoms with Gasteiger partial charge in [-0.3, -0.25) is 0 Å². The van der Waals surface area contributed by atoms with E-state index in [1.54, 1.807) is 0 Å². The van der Waals surface area contributed by atoms with E-state index in [0.29, 0.717) is 0 Å². The van der Waals surface area contributed by atoms with Gasteiger partial charge < -0.3 is 15.0 Å². The smallest absolute Gasteiger partial charge is 0.0645 e. The van der Waals surface area contributed by atoms with E-state index in [1.165, 1.54) is 16.5 Å². The van der Waals surface area contributed by atoms with Crippen molar-refractivity contribution < 1.29 is 4.74 Å². The second-order valence-corrected chi connectivity index (χ2v) is 4.97. The molecule has 0 aliphatic carbocycles. The molecule has 0 saturated heterocycles. The molecule has 2 N–H and O–H groups in total. The Kier molecular flexibility index (Phi) is 5.00. The minimum absolute atomic E-state index is 0.254. The van der Waals surface area contributed by atoms with Gasteiger partial charge in [-0.25, -0.2) is 0 Å². The predicted octanol–water partition coefficient (Wildman–Crippen LogP) is 2.96. The molecule has 0 saturated carbocycles. The molecule has 2 rings (SSSR count). The Bertz CT molecular complexity index is 518. The van der Waals surface area contributed by atoms with Crippen molar-refractivity contribution in [2.45, 2.75) is 39.3 Å². The zero-order chi connectivity index (χ0) is 13.7. The Labute approximate surface area is 115 Å². The van der Waals surface area contributed by atoms with Crippen LogP contribution >= 0.6 is 0 Å². The highest BCUT2D eigenvalue weighted by molar-refractivity contribution is 5.80. The van der Waals surface area contributed by atoms with E-state index in [1.807, 2.05) is 6.92 Å². The van der Waals surface area contributed by atoms with Gasteiger partial charge in [-0.2, -0.15) is 0 Å². The molecule has 0 radical (unpaired) electrons. The molecule has 0 spiro atoms. The minimum Gasteiger partial charge on any atom is -0.380 e. The largest absolute Gasteiger partial charge is 0.380 e. The van der Waals surface area contributed by atoms with Crippen LogP contribution in [0.2, 0.25) is 0 Å². The van der Waals surface area contributed by atoms with Crippen LogP contribution in [0, 0.1) is 0 Å². The Hall–Kier alpha value is -1.32. The van der Waals surface area contributed by atoms with Crippen molar-refractivity contribution in [3.05, 3.63) is 36.0 Å². The molecule has 0 aliphatic heterocycles. The van der Waals surface area contributed by atoms with Crippen LogP contribution < -0.4 is 5.73 Å². The summed E-state index contributed by atoms with van der Waals surface area (Å²) in [5, 5.41) is 1.28. The van der Waals surface area contributed by atoms with E-state index >= 15 is 0 Å². The van der Waals surface area contributed by atoms with Crippen LogP contribution in [-0.2, 0) is 17.7 Å². The predicted molar refractivity (Wildman–Crippen MR) is 80.4 cm³/mol. The molecule has 2 aromatic rings. The molecule has 0 bridgehead atoms. The first kappa shape index (κ1) is 14.1. The second-order valence-electron chi connectivity index (χ2n) is 4.97. The van der Waals surface area contributed by atoms with E-state index in [2.05, 4.69) is 42.0 Å². The van der Waals surface area contributed by atoms with Crippen molar-refractivity contribution in [2.24, 2.45) is 5.73 Å². The molecule has 1 atom stereocenters. The summed E-state index contributed by atoms with van der Waals surface area (Å²) >= 11 is 0. The van der Waals surface area contributed by atoms with Crippen molar-refractivity contribution in [1.82, 2.24) is 4.57 Å². The minimum atomic E-state index is 0.254. The van der Waals surface area contributed by atoms with Crippen molar-refractivity contribution in [1.29, 1.82) is 0 Å². The highest BCUT2D eigenvalue weighted by atomic mass is 16.5. The molecule has 3 heteroatoms. The van der Waals surface area contributed by atoms with Crippen LogP contribution in [0.5, 0.6) is 0 Å². The molecule has 3 nitrogen and oxygen atoms in total. The van der Waals surface area contributed by atoms with Gasteiger partial charge in [0.15, 0.2) is 0 Å². The number of hydrogen-bond donors (Lipinski definition) is 1. The lowest BCUT2D eigenvalue weighted by molar-refractivity contribution is 0.140. The molecule has 0 aliphatic rings. The van der Waals surface area contributed by atoms with Gasteiger partial charge in [-0.1, -0.05) is 19.1 Å². The van der Waals surface area contributed by atoms with Gasteiger partial charge in [-0.15, -0.1) is 0 Å². The molecule has 0 fully saturated rings. The Morgan fingerprint density at radius 1 is 1.26 bits per heavy atom. The summed E-state index contributed by atoms with van der Waals surface area (Å²) in [7, 11) is 0. The maximum absolute atomic E-state index is 6.03. The summed E-state index contributed by atoms with van der Waals surface area (Å²) in [5.41, 5.74) is 8.63. The summed E-state index contributed by atoms with van der Waals surface area (Å²) < 4.78 is 7.68. The molecule has 1 heterocycles. The van der Waals surface area contributed by atoms with Gasteiger partial charge in [0.05, 0.1) is 6.61 Å². The normalized spacial score (nSPS) is 13.0. The number of nitrogens with two attached hydrogens (primary N) is 1. The standard InChI is InChI=1S/C16H24N2O/c1-3-15(17)11-13-5-6-14-7-8-18(16(14)12-13)9-10-19-4-2/h5-8,12,15H,3-4,9-11,17H2,1-2H3. The lowest BCUT2D eigenvalue weighted by atomic mass is 10.0. The van der Waals surface area contributed by atoms with Crippen molar-refractivity contribution >= 4 is 10.9 Å². The average Bonchev–Trinajstić information content (AvgIpc) is 2.82. The monoisotopic (exact) mass is 260 g/mol. The van der Waals surface area contributed by atoms with Crippen molar-refractivity contribution in [3.63, 3.8) is 0 Å². The molecule has 19 heavy (non-hydrogen) atoms. The molecule has 1 unspecified atom stereocenters. The van der Waals surface area contributed by atoms with Crippen LogP contribution in [-0.4, -0.2) is 23.8 Å². The average molecular weight is 260 g/mol. The van der Waals surface area contributed by atoms with Crippen molar-refractivity contribution in [3.8, 4) is 0 Å². The van der Waals surface area contributed by atoms with E-state index in [4.69, 9.17) is 10.5 Å². The van der Waals surface area contributed by atoms with E-state index in [-0.39, 0.29) is 6.04 Å². The first-order valence-electron chi connectivity index (χ1n) is 7.15. The SMILES string of the molecule is CCOCCn1ccc2ccc(CC(N)CC)cc21. The number of benzene rings is 1. The van der Waals surface area contributed by atoms with Gasteiger partial charge in [-0.05, 0) is 42.8 Å². The van der Waals surface area contributed by atoms with E-state index in [0.717, 1.165) is 32.6 Å². The van der Waals surface area contributed by atoms with Crippen LogP contribution in [0.3, 0.4) is 0 Å². The maximum atomic E-state index is 6.03. The van der Waals surface area contributed by atoms with Gasteiger partial charge in [0.2, 0.25) is 0 Å². The fourth-order valence-corrected chi connectivity index (χ4v) is 2.31. The Morgan fingerprint density at radius 2 is 2.11 bits per heavy atom. The number of ether oxygens (including phenoxy) is 1. The van der Waals surface area contributed by atoms with Crippen LogP contribution in [0.25, 0.3) is 10.9 Å². The fourth-order valence-electron chi connectivity index (χ4n) is 2.31. The second kappa shape index (κ2) is 6.73.